The van der Waals surface area contributed by atoms with Gasteiger partial charge in [0.2, 0.25) is 5.91 Å². The Hall–Kier alpha value is -1.89. The van der Waals surface area contributed by atoms with E-state index in [9.17, 15) is 9.59 Å². The molecule has 0 saturated heterocycles. The van der Waals surface area contributed by atoms with Gasteiger partial charge in [-0.3, -0.25) is 14.3 Å². The highest BCUT2D eigenvalue weighted by Crippen LogP contribution is 2.32. The topological polar surface area (TPSA) is 110 Å². The first-order valence-corrected chi connectivity index (χ1v) is 5.80. The third-order valence-corrected chi connectivity index (χ3v) is 3.08. The fourth-order valence-electron chi connectivity index (χ4n) is 1.99. The molecule has 0 bridgehead atoms. The van der Waals surface area contributed by atoms with Crippen molar-refractivity contribution < 1.29 is 14.7 Å². The number of carbonyl (C=O) groups is 2. The Kier molecular flexibility index (Phi) is 3.33. The second-order valence-corrected chi connectivity index (χ2v) is 4.76. The summed E-state index contributed by atoms with van der Waals surface area (Å²) in [5, 5.41) is 15.1. The van der Waals surface area contributed by atoms with E-state index in [2.05, 4.69) is 10.4 Å². The third kappa shape index (κ3) is 3.07. The third-order valence-electron chi connectivity index (χ3n) is 3.08. The van der Waals surface area contributed by atoms with Crippen LogP contribution in [-0.4, -0.2) is 32.3 Å². The first kappa shape index (κ1) is 12.6. The van der Waals surface area contributed by atoms with Crippen LogP contribution in [0, 0.1) is 0 Å². The average molecular weight is 252 g/mol. The normalized spacial score (nSPS) is 16.9. The maximum Gasteiger partial charge on any atom is 0.325 e. The molecule has 1 aliphatic rings. The molecule has 1 aromatic heterocycles. The van der Waals surface area contributed by atoms with Gasteiger partial charge in [0.15, 0.2) is 0 Å². The summed E-state index contributed by atoms with van der Waals surface area (Å²) < 4.78 is 1.25. The highest BCUT2D eigenvalue weighted by Gasteiger charge is 2.34. The van der Waals surface area contributed by atoms with Gasteiger partial charge < -0.3 is 16.2 Å². The molecule has 98 valence electrons. The fraction of sp³-hybridized carbons (Fsp3) is 0.545. The van der Waals surface area contributed by atoms with Crippen LogP contribution in [0.4, 0.5) is 5.69 Å². The minimum Gasteiger partial charge on any atom is -0.480 e. The second-order valence-electron chi connectivity index (χ2n) is 4.76. The molecule has 4 N–H and O–H groups in total. The lowest BCUT2D eigenvalue weighted by molar-refractivity contribution is -0.137. The van der Waals surface area contributed by atoms with Crippen molar-refractivity contribution in [2.75, 3.05) is 5.32 Å². The zero-order valence-corrected chi connectivity index (χ0v) is 9.93. The quantitative estimate of drug-likeness (QED) is 0.692. The summed E-state index contributed by atoms with van der Waals surface area (Å²) in [6.45, 7) is -0.225. The van der Waals surface area contributed by atoms with Crippen LogP contribution >= 0.6 is 0 Å². The van der Waals surface area contributed by atoms with Gasteiger partial charge in [-0.2, -0.15) is 5.10 Å². The monoisotopic (exact) mass is 252 g/mol. The predicted octanol–water partition coefficient (Wildman–Crippen LogP) is 0.178. The Balaban J connectivity index is 1.86. The van der Waals surface area contributed by atoms with E-state index in [1.54, 1.807) is 0 Å². The Morgan fingerprint density at radius 1 is 1.56 bits per heavy atom. The molecule has 0 spiro atoms. The summed E-state index contributed by atoms with van der Waals surface area (Å²) in [7, 11) is 0. The fourth-order valence-corrected chi connectivity index (χ4v) is 1.99. The number of nitrogens with two attached hydrogens (primary N) is 1. The number of hydrogen-bond acceptors (Lipinski definition) is 4. The first-order valence-electron chi connectivity index (χ1n) is 5.80. The smallest absolute Gasteiger partial charge is 0.325 e. The summed E-state index contributed by atoms with van der Waals surface area (Å²) in [5.41, 5.74) is 6.10. The van der Waals surface area contributed by atoms with Gasteiger partial charge in [0, 0.05) is 18.2 Å². The standard InChI is InChI=1S/C11H16N4O3/c12-11(2-1-3-11)4-9(16)14-8-5-13-15(6-8)7-10(17)18/h5-6H,1-4,7,12H2,(H,14,16)(H,17,18). The number of anilines is 1. The number of hydrogen-bond donors (Lipinski definition) is 3. The minimum atomic E-state index is -0.980. The molecule has 1 aromatic rings. The van der Waals surface area contributed by atoms with Gasteiger partial charge in [0.25, 0.3) is 0 Å². The zero-order chi connectivity index (χ0) is 13.2. The molecule has 1 fully saturated rings. The van der Waals surface area contributed by atoms with Gasteiger partial charge >= 0.3 is 5.97 Å². The molecule has 0 aliphatic heterocycles. The Morgan fingerprint density at radius 2 is 2.28 bits per heavy atom. The van der Waals surface area contributed by atoms with Crippen molar-refractivity contribution in [1.82, 2.24) is 9.78 Å². The van der Waals surface area contributed by atoms with Crippen molar-refractivity contribution in [3.63, 3.8) is 0 Å². The van der Waals surface area contributed by atoms with Crippen molar-refractivity contribution in [2.45, 2.75) is 37.8 Å². The first-order chi connectivity index (χ1) is 8.47. The number of aromatic nitrogens is 2. The van der Waals surface area contributed by atoms with Gasteiger partial charge in [-0.05, 0) is 19.3 Å². The van der Waals surface area contributed by atoms with E-state index in [-0.39, 0.29) is 24.4 Å². The number of carboxylic acids is 1. The molecule has 2 rings (SSSR count). The Labute approximate surface area is 104 Å². The van der Waals surface area contributed by atoms with E-state index in [1.165, 1.54) is 17.1 Å². The Bertz CT molecular complexity index is 465. The van der Waals surface area contributed by atoms with Gasteiger partial charge in [-0.1, -0.05) is 0 Å². The van der Waals surface area contributed by atoms with Crippen molar-refractivity contribution in [3.05, 3.63) is 12.4 Å². The lowest BCUT2D eigenvalue weighted by Gasteiger charge is -2.37. The van der Waals surface area contributed by atoms with Gasteiger partial charge in [-0.25, -0.2) is 0 Å². The number of carbonyl (C=O) groups excluding carboxylic acids is 1. The molecule has 0 unspecified atom stereocenters. The lowest BCUT2D eigenvalue weighted by atomic mass is 9.75. The molecule has 1 saturated carbocycles. The SMILES string of the molecule is NC1(CC(=O)Nc2cnn(CC(=O)O)c2)CCC1. The van der Waals surface area contributed by atoms with Crippen LogP contribution in [0.25, 0.3) is 0 Å². The lowest BCUT2D eigenvalue weighted by Crippen LogP contribution is -2.48. The molecule has 0 radical (unpaired) electrons. The Morgan fingerprint density at radius 3 is 2.83 bits per heavy atom. The van der Waals surface area contributed by atoms with Crippen LogP contribution in [0.1, 0.15) is 25.7 Å². The maximum absolute atomic E-state index is 11.7. The van der Waals surface area contributed by atoms with E-state index in [0.717, 1.165) is 19.3 Å². The van der Waals surface area contributed by atoms with E-state index in [0.29, 0.717) is 5.69 Å². The summed E-state index contributed by atoms with van der Waals surface area (Å²) in [5.74, 6) is -1.14. The molecule has 1 amide bonds. The molecule has 7 heteroatoms. The van der Waals surface area contributed by atoms with Crippen molar-refractivity contribution in [2.24, 2.45) is 5.73 Å². The summed E-state index contributed by atoms with van der Waals surface area (Å²) in [6, 6.07) is 0. The summed E-state index contributed by atoms with van der Waals surface area (Å²) >= 11 is 0. The number of nitrogens with zero attached hydrogens (tertiary/aromatic N) is 2. The van der Waals surface area contributed by atoms with Crippen molar-refractivity contribution in [1.29, 1.82) is 0 Å². The molecular weight excluding hydrogens is 236 g/mol. The average Bonchev–Trinajstić information content (AvgIpc) is 2.61. The van der Waals surface area contributed by atoms with Crippen LogP contribution in [0.5, 0.6) is 0 Å². The van der Waals surface area contributed by atoms with E-state index in [1.807, 2.05) is 0 Å². The highest BCUT2D eigenvalue weighted by atomic mass is 16.4. The van der Waals surface area contributed by atoms with Crippen LogP contribution in [-0.2, 0) is 16.1 Å². The predicted molar refractivity (Wildman–Crippen MR) is 63.9 cm³/mol. The second kappa shape index (κ2) is 4.77. The molecule has 0 aromatic carbocycles. The van der Waals surface area contributed by atoms with E-state index in [4.69, 9.17) is 10.8 Å². The summed E-state index contributed by atoms with van der Waals surface area (Å²) in [6.07, 6.45) is 6.01. The number of rotatable bonds is 5. The van der Waals surface area contributed by atoms with Crippen LogP contribution < -0.4 is 11.1 Å². The number of amides is 1. The van der Waals surface area contributed by atoms with Gasteiger partial charge in [-0.15, -0.1) is 0 Å². The van der Waals surface area contributed by atoms with E-state index >= 15 is 0 Å². The largest absolute Gasteiger partial charge is 0.480 e. The molecule has 18 heavy (non-hydrogen) atoms. The molecule has 1 aliphatic carbocycles. The van der Waals surface area contributed by atoms with Crippen molar-refractivity contribution >= 4 is 17.6 Å². The van der Waals surface area contributed by atoms with Gasteiger partial charge in [0.05, 0.1) is 11.9 Å². The van der Waals surface area contributed by atoms with Gasteiger partial charge in [0.1, 0.15) is 6.54 Å². The van der Waals surface area contributed by atoms with E-state index < -0.39 is 5.97 Å². The summed E-state index contributed by atoms with van der Waals surface area (Å²) in [4.78, 5) is 22.2. The molecule has 1 heterocycles. The highest BCUT2D eigenvalue weighted by molar-refractivity contribution is 5.91. The number of aliphatic carboxylic acids is 1. The molecular formula is C11H16N4O3. The number of carboxylic acid groups (broad SMARTS) is 1. The van der Waals surface area contributed by atoms with Crippen LogP contribution in [0.3, 0.4) is 0 Å². The molecule has 7 nitrogen and oxygen atoms in total. The minimum absolute atomic E-state index is 0.160. The zero-order valence-electron chi connectivity index (χ0n) is 9.93. The molecule has 0 atom stereocenters. The van der Waals surface area contributed by atoms with Crippen LogP contribution in [0.2, 0.25) is 0 Å². The number of nitrogens with one attached hydrogen (secondary N) is 1. The van der Waals surface area contributed by atoms with Crippen LogP contribution in [0.15, 0.2) is 12.4 Å². The van der Waals surface area contributed by atoms with Crippen molar-refractivity contribution in [3.8, 4) is 0 Å². The maximum atomic E-state index is 11.7.